The zero-order valence-corrected chi connectivity index (χ0v) is 13.0. The van der Waals surface area contributed by atoms with Crippen LogP contribution in [0, 0.1) is 10.1 Å². The standard InChI is InChI=1S/C14H12BrNO3S/c1-9(17)10-2-7-14(13(8-10)16(18)19)20-12-5-3-11(15)4-6-12/h2-9,17H,1H3/t9-/m0/s1. The first-order valence-corrected chi connectivity index (χ1v) is 7.48. The summed E-state index contributed by atoms with van der Waals surface area (Å²) in [4.78, 5) is 12.2. The molecule has 0 aliphatic rings. The van der Waals surface area contributed by atoms with Crippen LogP contribution < -0.4 is 0 Å². The Kier molecular flexibility index (Phi) is 4.80. The van der Waals surface area contributed by atoms with Gasteiger partial charge in [0.1, 0.15) is 0 Å². The van der Waals surface area contributed by atoms with E-state index in [2.05, 4.69) is 15.9 Å². The fraction of sp³-hybridized carbons (Fsp3) is 0.143. The Hall–Kier alpha value is -1.37. The molecule has 2 aromatic carbocycles. The van der Waals surface area contributed by atoms with Crippen LogP contribution in [0.3, 0.4) is 0 Å². The molecule has 0 radical (unpaired) electrons. The Morgan fingerprint density at radius 2 is 1.90 bits per heavy atom. The number of hydrogen-bond donors (Lipinski definition) is 1. The number of rotatable bonds is 4. The minimum Gasteiger partial charge on any atom is -0.389 e. The highest BCUT2D eigenvalue weighted by molar-refractivity contribution is 9.10. The molecule has 6 heteroatoms. The minimum atomic E-state index is -0.722. The highest BCUT2D eigenvalue weighted by atomic mass is 79.9. The average molecular weight is 354 g/mol. The molecule has 0 aromatic heterocycles. The van der Waals surface area contributed by atoms with Crippen molar-refractivity contribution in [1.29, 1.82) is 0 Å². The number of benzene rings is 2. The predicted molar refractivity (Wildman–Crippen MR) is 82.0 cm³/mol. The zero-order valence-electron chi connectivity index (χ0n) is 10.6. The van der Waals surface area contributed by atoms with Gasteiger partial charge in [-0.25, -0.2) is 0 Å². The fourth-order valence-electron chi connectivity index (χ4n) is 1.65. The van der Waals surface area contributed by atoms with Gasteiger partial charge >= 0.3 is 0 Å². The summed E-state index contributed by atoms with van der Waals surface area (Å²) in [5, 5.41) is 20.7. The lowest BCUT2D eigenvalue weighted by atomic mass is 10.1. The summed E-state index contributed by atoms with van der Waals surface area (Å²) in [6.07, 6.45) is -0.722. The highest BCUT2D eigenvalue weighted by Crippen LogP contribution is 2.36. The van der Waals surface area contributed by atoms with Gasteiger partial charge in [-0.05, 0) is 42.8 Å². The van der Waals surface area contributed by atoms with E-state index in [1.165, 1.54) is 17.8 Å². The maximum Gasteiger partial charge on any atom is 0.283 e. The number of hydrogen-bond acceptors (Lipinski definition) is 4. The maximum atomic E-state index is 11.1. The minimum absolute atomic E-state index is 0.0105. The van der Waals surface area contributed by atoms with Crippen molar-refractivity contribution in [3.63, 3.8) is 0 Å². The van der Waals surface area contributed by atoms with E-state index in [1.807, 2.05) is 24.3 Å². The molecule has 4 nitrogen and oxygen atoms in total. The summed E-state index contributed by atoms with van der Waals surface area (Å²) in [7, 11) is 0. The van der Waals surface area contributed by atoms with Crippen LogP contribution in [0.25, 0.3) is 0 Å². The molecule has 104 valence electrons. The van der Waals surface area contributed by atoms with Gasteiger partial charge in [0, 0.05) is 15.4 Å². The quantitative estimate of drug-likeness (QED) is 0.646. The summed E-state index contributed by atoms with van der Waals surface area (Å²) in [5.41, 5.74) is 0.549. The predicted octanol–water partition coefficient (Wildman–Crippen LogP) is 4.56. The Morgan fingerprint density at radius 1 is 1.25 bits per heavy atom. The molecule has 0 amide bonds. The lowest BCUT2D eigenvalue weighted by Crippen LogP contribution is -1.96. The molecule has 0 fully saturated rings. The molecule has 0 aliphatic carbocycles. The van der Waals surface area contributed by atoms with Gasteiger partial charge in [0.05, 0.1) is 15.9 Å². The Balaban J connectivity index is 2.35. The molecule has 0 aliphatic heterocycles. The molecule has 0 spiro atoms. The van der Waals surface area contributed by atoms with Crippen molar-refractivity contribution >= 4 is 33.4 Å². The van der Waals surface area contributed by atoms with Crippen LogP contribution in [0.5, 0.6) is 0 Å². The van der Waals surface area contributed by atoms with Crippen LogP contribution in [-0.4, -0.2) is 10.0 Å². The third kappa shape index (κ3) is 3.59. The van der Waals surface area contributed by atoms with Crippen molar-refractivity contribution < 1.29 is 10.0 Å². The zero-order chi connectivity index (χ0) is 14.7. The van der Waals surface area contributed by atoms with Crippen LogP contribution in [0.15, 0.2) is 56.7 Å². The second-order valence-electron chi connectivity index (χ2n) is 4.22. The monoisotopic (exact) mass is 353 g/mol. The van der Waals surface area contributed by atoms with E-state index < -0.39 is 11.0 Å². The van der Waals surface area contributed by atoms with Gasteiger partial charge in [0.25, 0.3) is 5.69 Å². The summed E-state index contributed by atoms with van der Waals surface area (Å²) in [6, 6.07) is 12.4. The van der Waals surface area contributed by atoms with E-state index in [1.54, 1.807) is 19.1 Å². The van der Waals surface area contributed by atoms with Crippen LogP contribution in [0.1, 0.15) is 18.6 Å². The van der Waals surface area contributed by atoms with Gasteiger partial charge in [0.15, 0.2) is 0 Å². The largest absolute Gasteiger partial charge is 0.389 e. The van der Waals surface area contributed by atoms with Crippen molar-refractivity contribution in [2.24, 2.45) is 0 Å². The smallest absolute Gasteiger partial charge is 0.283 e. The molecule has 0 bridgehead atoms. The molecule has 2 aromatic rings. The Bertz CT molecular complexity index is 629. The van der Waals surface area contributed by atoms with Gasteiger partial charge in [-0.2, -0.15) is 0 Å². The van der Waals surface area contributed by atoms with Crippen LogP contribution in [0.4, 0.5) is 5.69 Å². The fourth-order valence-corrected chi connectivity index (χ4v) is 2.82. The second kappa shape index (κ2) is 6.39. The van der Waals surface area contributed by atoms with Gasteiger partial charge in [-0.1, -0.05) is 33.8 Å². The molecular formula is C14H12BrNO3S. The third-order valence-electron chi connectivity index (χ3n) is 2.70. The normalized spacial score (nSPS) is 12.2. The summed E-state index contributed by atoms with van der Waals surface area (Å²) in [5.74, 6) is 0. The SMILES string of the molecule is C[C@H](O)c1ccc(Sc2ccc(Br)cc2)c([N+](=O)[O-])c1. The first kappa shape index (κ1) is 15.0. The van der Waals surface area contributed by atoms with Crippen LogP contribution in [-0.2, 0) is 0 Å². The number of nitrogens with zero attached hydrogens (tertiary/aromatic N) is 1. The molecule has 0 saturated carbocycles. The van der Waals surface area contributed by atoms with Gasteiger partial charge < -0.3 is 5.11 Å². The lowest BCUT2D eigenvalue weighted by molar-refractivity contribution is -0.387. The van der Waals surface area contributed by atoms with Crippen molar-refractivity contribution in [3.05, 3.63) is 62.6 Å². The Morgan fingerprint density at radius 3 is 2.45 bits per heavy atom. The second-order valence-corrected chi connectivity index (χ2v) is 6.25. The summed E-state index contributed by atoms with van der Waals surface area (Å²) >= 11 is 4.68. The molecule has 1 N–H and O–H groups in total. The van der Waals surface area contributed by atoms with E-state index in [9.17, 15) is 15.2 Å². The van der Waals surface area contributed by atoms with Crippen molar-refractivity contribution in [2.45, 2.75) is 22.8 Å². The van der Waals surface area contributed by atoms with Crippen LogP contribution in [0.2, 0.25) is 0 Å². The molecule has 0 heterocycles. The molecular weight excluding hydrogens is 342 g/mol. The molecule has 2 rings (SSSR count). The lowest BCUT2D eigenvalue weighted by Gasteiger charge is -2.07. The molecule has 20 heavy (non-hydrogen) atoms. The highest BCUT2D eigenvalue weighted by Gasteiger charge is 2.17. The average Bonchev–Trinajstić information content (AvgIpc) is 2.41. The number of nitro groups is 1. The van der Waals surface area contributed by atoms with E-state index >= 15 is 0 Å². The number of aliphatic hydroxyl groups excluding tert-OH is 1. The first-order valence-electron chi connectivity index (χ1n) is 5.87. The topological polar surface area (TPSA) is 63.4 Å². The van der Waals surface area contributed by atoms with Gasteiger partial charge in [-0.3, -0.25) is 10.1 Å². The maximum absolute atomic E-state index is 11.1. The Labute approximate surface area is 129 Å². The van der Waals surface area contributed by atoms with E-state index in [0.717, 1.165) is 9.37 Å². The van der Waals surface area contributed by atoms with Gasteiger partial charge in [-0.15, -0.1) is 0 Å². The summed E-state index contributed by atoms with van der Waals surface area (Å²) in [6.45, 7) is 1.58. The first-order chi connectivity index (χ1) is 9.47. The molecule has 0 saturated heterocycles. The van der Waals surface area contributed by atoms with E-state index in [0.29, 0.717) is 10.5 Å². The third-order valence-corrected chi connectivity index (χ3v) is 4.31. The number of halogens is 1. The van der Waals surface area contributed by atoms with Gasteiger partial charge in [0.2, 0.25) is 0 Å². The van der Waals surface area contributed by atoms with Crippen molar-refractivity contribution in [1.82, 2.24) is 0 Å². The number of nitro benzene ring substituents is 1. The van der Waals surface area contributed by atoms with E-state index in [-0.39, 0.29) is 5.69 Å². The molecule has 0 unspecified atom stereocenters. The molecule has 1 atom stereocenters. The summed E-state index contributed by atoms with van der Waals surface area (Å²) < 4.78 is 0.959. The van der Waals surface area contributed by atoms with Crippen LogP contribution >= 0.6 is 27.7 Å². The number of aliphatic hydroxyl groups is 1. The van der Waals surface area contributed by atoms with Crippen molar-refractivity contribution in [2.75, 3.05) is 0 Å². The van der Waals surface area contributed by atoms with E-state index in [4.69, 9.17) is 0 Å². The van der Waals surface area contributed by atoms with Crippen molar-refractivity contribution in [3.8, 4) is 0 Å².